The van der Waals surface area contributed by atoms with E-state index in [1.54, 1.807) is 4.90 Å². The summed E-state index contributed by atoms with van der Waals surface area (Å²) in [6.45, 7) is 6.57. The first kappa shape index (κ1) is 18.8. The first-order valence-corrected chi connectivity index (χ1v) is 8.93. The summed E-state index contributed by atoms with van der Waals surface area (Å²) in [6.07, 6.45) is 0.987. The monoisotopic (exact) mass is 397 g/mol. The Morgan fingerprint density at radius 3 is 2.42 bits per heavy atom. The van der Waals surface area contributed by atoms with Crippen molar-refractivity contribution in [3.8, 4) is 0 Å². The van der Waals surface area contributed by atoms with Gasteiger partial charge in [0.25, 0.3) is 0 Å². The highest BCUT2D eigenvalue weighted by Gasteiger charge is 2.34. The van der Waals surface area contributed by atoms with Crippen LogP contribution >= 0.6 is 15.9 Å². The molecule has 1 saturated heterocycles. The largest absolute Gasteiger partial charge is 0.481 e. The molecular weight excluding hydrogens is 374 g/mol. The lowest BCUT2D eigenvalue weighted by Crippen LogP contribution is -2.43. The molecule has 1 amide bonds. The van der Waals surface area contributed by atoms with Crippen LogP contribution in [0.3, 0.4) is 0 Å². The summed E-state index contributed by atoms with van der Waals surface area (Å²) in [5.74, 6) is -1.36. The molecular formula is C18H24BrNO4. The van der Waals surface area contributed by atoms with Crippen LogP contribution in [0.5, 0.6) is 0 Å². The van der Waals surface area contributed by atoms with Crippen molar-refractivity contribution in [2.24, 2.45) is 5.92 Å². The number of rotatable bonds is 3. The number of carboxylic acids is 1. The molecule has 132 valence electrons. The van der Waals surface area contributed by atoms with Crippen LogP contribution in [0.1, 0.15) is 45.1 Å². The molecule has 1 fully saturated rings. The Hall–Kier alpha value is -1.56. The smallest absolute Gasteiger partial charge is 0.410 e. The van der Waals surface area contributed by atoms with Gasteiger partial charge in [0.1, 0.15) is 5.60 Å². The fourth-order valence-electron chi connectivity index (χ4n) is 3.06. The van der Waals surface area contributed by atoms with Gasteiger partial charge in [-0.1, -0.05) is 28.1 Å². The highest BCUT2D eigenvalue weighted by Crippen LogP contribution is 2.34. The molecule has 1 heterocycles. The van der Waals surface area contributed by atoms with Gasteiger partial charge < -0.3 is 14.7 Å². The van der Waals surface area contributed by atoms with Gasteiger partial charge in [0, 0.05) is 17.6 Å². The normalized spacial score (nSPS) is 17.4. The van der Waals surface area contributed by atoms with Crippen LogP contribution in [0.25, 0.3) is 0 Å². The number of halogens is 1. The molecule has 0 spiro atoms. The quantitative estimate of drug-likeness (QED) is 0.826. The van der Waals surface area contributed by atoms with E-state index in [1.165, 1.54) is 0 Å². The number of ether oxygens (including phenoxy) is 1. The number of likely N-dealkylation sites (tertiary alicyclic amines) is 1. The molecule has 1 aromatic carbocycles. The lowest BCUT2D eigenvalue weighted by atomic mass is 9.80. The summed E-state index contributed by atoms with van der Waals surface area (Å²) in [4.78, 5) is 25.6. The van der Waals surface area contributed by atoms with Crippen LogP contribution in [0.15, 0.2) is 28.7 Å². The van der Waals surface area contributed by atoms with Crippen LogP contribution in [-0.2, 0) is 9.53 Å². The van der Waals surface area contributed by atoms with Gasteiger partial charge in [-0.3, -0.25) is 4.79 Å². The van der Waals surface area contributed by atoms with Crippen LogP contribution < -0.4 is 0 Å². The molecule has 24 heavy (non-hydrogen) atoms. The molecule has 1 aromatic rings. The first-order chi connectivity index (χ1) is 11.2. The number of carboxylic acid groups (broad SMARTS) is 1. The fraction of sp³-hybridized carbons (Fsp3) is 0.556. The number of carbonyl (C=O) groups excluding carboxylic acids is 1. The lowest BCUT2D eigenvalue weighted by Gasteiger charge is -2.35. The maximum absolute atomic E-state index is 12.1. The lowest BCUT2D eigenvalue weighted by molar-refractivity contribution is -0.140. The molecule has 0 aromatic heterocycles. The van der Waals surface area contributed by atoms with Crippen molar-refractivity contribution < 1.29 is 19.4 Å². The van der Waals surface area contributed by atoms with E-state index in [-0.39, 0.29) is 12.0 Å². The molecule has 5 nitrogen and oxygen atoms in total. The van der Waals surface area contributed by atoms with E-state index in [9.17, 15) is 14.7 Å². The van der Waals surface area contributed by atoms with Crippen molar-refractivity contribution in [3.63, 3.8) is 0 Å². The number of amides is 1. The van der Waals surface area contributed by atoms with Gasteiger partial charge in [0.15, 0.2) is 0 Å². The standard InChI is InChI=1S/C18H24BrNO4/c1-18(2,3)24-17(23)20-9-7-12(8-10-20)15(16(21)22)13-5-4-6-14(19)11-13/h4-6,11-12,15H,7-10H2,1-3H3,(H,21,22). The third-order valence-electron chi connectivity index (χ3n) is 4.14. The maximum Gasteiger partial charge on any atom is 0.410 e. The molecule has 1 aliphatic heterocycles. The van der Waals surface area contributed by atoms with E-state index >= 15 is 0 Å². The van der Waals surface area contributed by atoms with E-state index in [0.717, 1.165) is 10.0 Å². The summed E-state index contributed by atoms with van der Waals surface area (Å²) >= 11 is 3.40. The minimum absolute atomic E-state index is 0.00971. The van der Waals surface area contributed by atoms with Crippen LogP contribution in [0.4, 0.5) is 4.79 Å². The Morgan fingerprint density at radius 1 is 1.29 bits per heavy atom. The van der Waals surface area contributed by atoms with Gasteiger partial charge in [-0.2, -0.15) is 0 Å². The number of aliphatic carboxylic acids is 1. The molecule has 6 heteroatoms. The van der Waals surface area contributed by atoms with Crippen LogP contribution in [0.2, 0.25) is 0 Å². The zero-order valence-corrected chi connectivity index (χ0v) is 15.9. The number of piperidine rings is 1. The van der Waals surface area contributed by atoms with Crippen molar-refractivity contribution in [2.75, 3.05) is 13.1 Å². The van der Waals surface area contributed by atoms with E-state index in [1.807, 2.05) is 45.0 Å². The summed E-state index contributed by atoms with van der Waals surface area (Å²) in [6, 6.07) is 7.45. The second-order valence-corrected chi connectivity index (χ2v) is 8.09. The number of nitrogens with zero attached hydrogens (tertiary/aromatic N) is 1. The molecule has 2 rings (SSSR count). The average Bonchev–Trinajstić information content (AvgIpc) is 2.46. The molecule has 0 radical (unpaired) electrons. The molecule has 0 aliphatic carbocycles. The third-order valence-corrected chi connectivity index (χ3v) is 4.63. The molecule has 1 N–H and O–H groups in total. The predicted molar refractivity (Wildman–Crippen MR) is 95.0 cm³/mol. The summed E-state index contributed by atoms with van der Waals surface area (Å²) in [7, 11) is 0. The van der Waals surface area contributed by atoms with Gasteiger partial charge in [0.05, 0.1) is 5.92 Å². The SMILES string of the molecule is CC(C)(C)OC(=O)N1CCC(C(C(=O)O)c2cccc(Br)c2)CC1. The van der Waals surface area contributed by atoms with Crippen molar-refractivity contribution in [2.45, 2.75) is 45.1 Å². The van der Waals surface area contributed by atoms with Gasteiger partial charge in [-0.25, -0.2) is 4.79 Å². The minimum Gasteiger partial charge on any atom is -0.481 e. The van der Waals surface area contributed by atoms with E-state index < -0.39 is 17.5 Å². The van der Waals surface area contributed by atoms with Crippen LogP contribution in [-0.4, -0.2) is 40.8 Å². The Kier molecular flexibility index (Phi) is 5.91. The van der Waals surface area contributed by atoms with Gasteiger partial charge in [0.2, 0.25) is 0 Å². The Bertz CT molecular complexity index is 603. The third kappa shape index (κ3) is 4.97. The Balaban J connectivity index is 2.04. The second-order valence-electron chi connectivity index (χ2n) is 7.18. The van der Waals surface area contributed by atoms with Gasteiger partial charge >= 0.3 is 12.1 Å². The molecule has 0 saturated carbocycles. The Labute approximate surface area is 151 Å². The zero-order chi connectivity index (χ0) is 17.9. The fourth-order valence-corrected chi connectivity index (χ4v) is 3.48. The maximum atomic E-state index is 12.1. The highest BCUT2D eigenvalue weighted by molar-refractivity contribution is 9.10. The molecule has 1 aliphatic rings. The molecule has 1 unspecified atom stereocenters. The second kappa shape index (κ2) is 7.55. The first-order valence-electron chi connectivity index (χ1n) is 8.13. The topological polar surface area (TPSA) is 66.8 Å². The van der Waals surface area contributed by atoms with Crippen molar-refractivity contribution in [1.82, 2.24) is 4.90 Å². The number of benzene rings is 1. The van der Waals surface area contributed by atoms with Crippen LogP contribution in [0, 0.1) is 5.92 Å². The summed E-state index contributed by atoms with van der Waals surface area (Å²) < 4.78 is 6.26. The number of hydrogen-bond acceptors (Lipinski definition) is 3. The molecule has 1 atom stereocenters. The minimum atomic E-state index is -0.816. The summed E-state index contributed by atoms with van der Waals surface area (Å²) in [5.41, 5.74) is 0.279. The number of hydrogen-bond donors (Lipinski definition) is 1. The molecule has 0 bridgehead atoms. The van der Waals surface area contributed by atoms with E-state index in [2.05, 4.69) is 15.9 Å². The van der Waals surface area contributed by atoms with Crippen molar-refractivity contribution in [1.29, 1.82) is 0 Å². The number of carbonyl (C=O) groups is 2. The Morgan fingerprint density at radius 2 is 1.92 bits per heavy atom. The highest BCUT2D eigenvalue weighted by atomic mass is 79.9. The zero-order valence-electron chi connectivity index (χ0n) is 14.3. The van der Waals surface area contributed by atoms with E-state index in [0.29, 0.717) is 25.9 Å². The average molecular weight is 398 g/mol. The van der Waals surface area contributed by atoms with E-state index in [4.69, 9.17) is 4.74 Å². The van der Waals surface area contributed by atoms with Gasteiger partial charge in [-0.05, 0) is 57.2 Å². The van der Waals surface area contributed by atoms with Crippen molar-refractivity contribution in [3.05, 3.63) is 34.3 Å². The van der Waals surface area contributed by atoms with Gasteiger partial charge in [-0.15, -0.1) is 0 Å². The summed E-state index contributed by atoms with van der Waals surface area (Å²) in [5, 5.41) is 9.68. The predicted octanol–water partition coefficient (Wildman–Crippen LogP) is 4.26. The van der Waals surface area contributed by atoms with Crippen molar-refractivity contribution >= 4 is 28.0 Å².